The molecule has 1 heterocycles. The number of aromatic hydroxyl groups is 1. The number of phenols is 1. The Morgan fingerprint density at radius 2 is 1.85 bits per heavy atom. The van der Waals surface area contributed by atoms with Gasteiger partial charge in [0.1, 0.15) is 10.8 Å². The van der Waals surface area contributed by atoms with E-state index in [9.17, 15) is 9.90 Å². The van der Waals surface area contributed by atoms with E-state index < -0.39 is 0 Å². The third-order valence-electron chi connectivity index (χ3n) is 4.14. The number of amides is 2. The maximum Gasteiger partial charge on any atom is 0.315 e. The molecule has 0 bridgehead atoms. The lowest BCUT2D eigenvalue weighted by Gasteiger charge is -2.14. The van der Waals surface area contributed by atoms with Gasteiger partial charge < -0.3 is 15.7 Å². The van der Waals surface area contributed by atoms with Crippen molar-refractivity contribution in [3.63, 3.8) is 0 Å². The van der Waals surface area contributed by atoms with Gasteiger partial charge in [0.15, 0.2) is 0 Å². The summed E-state index contributed by atoms with van der Waals surface area (Å²) in [6.45, 7) is 4.40. The van der Waals surface area contributed by atoms with Gasteiger partial charge in [-0.3, -0.25) is 0 Å². The zero-order valence-corrected chi connectivity index (χ0v) is 16.2. The molecule has 0 spiro atoms. The van der Waals surface area contributed by atoms with E-state index in [1.807, 2.05) is 56.3 Å². The fourth-order valence-electron chi connectivity index (χ4n) is 2.86. The van der Waals surface area contributed by atoms with Crippen LogP contribution in [0.5, 0.6) is 5.75 Å². The van der Waals surface area contributed by atoms with Crippen LogP contribution in [0.4, 0.5) is 4.79 Å². The zero-order chi connectivity index (χ0) is 19.2. The molecule has 6 heteroatoms. The number of benzene rings is 2. The van der Waals surface area contributed by atoms with Gasteiger partial charge in [0.25, 0.3) is 0 Å². The molecule has 0 aliphatic rings. The van der Waals surface area contributed by atoms with Gasteiger partial charge in [-0.15, -0.1) is 11.3 Å². The molecule has 2 aromatic carbocycles. The number of nitrogens with zero attached hydrogens (tertiary/aromatic N) is 1. The first kappa shape index (κ1) is 18.9. The number of thiazole rings is 1. The van der Waals surface area contributed by atoms with Crippen molar-refractivity contribution in [3.05, 3.63) is 70.0 Å². The monoisotopic (exact) mass is 381 g/mol. The van der Waals surface area contributed by atoms with E-state index in [-0.39, 0.29) is 17.8 Å². The molecule has 3 N–H and O–H groups in total. The minimum absolute atomic E-state index is 0.0209. The number of phenolic OH excluding ortho intramolecular Hbond substituents is 1. The highest BCUT2D eigenvalue weighted by atomic mass is 32.1. The molecule has 1 aromatic heterocycles. The van der Waals surface area contributed by atoms with Gasteiger partial charge >= 0.3 is 6.03 Å². The van der Waals surface area contributed by atoms with Gasteiger partial charge in [-0.25, -0.2) is 9.78 Å². The average molecular weight is 382 g/mol. The molecule has 3 aromatic rings. The molecule has 5 nitrogen and oxygen atoms in total. The average Bonchev–Trinajstić information content (AvgIpc) is 3.03. The van der Waals surface area contributed by atoms with Crippen molar-refractivity contribution >= 4 is 17.4 Å². The summed E-state index contributed by atoms with van der Waals surface area (Å²) in [5.41, 5.74) is 3.12. The smallest absolute Gasteiger partial charge is 0.315 e. The van der Waals surface area contributed by atoms with Gasteiger partial charge in [-0.1, -0.05) is 42.5 Å². The standard InChI is InChI=1S/C21H23N3O2S/c1-14(12-16-8-10-18(25)11-9-16)23-21(26)22-13-19-24-20(15(2)27-19)17-6-4-3-5-7-17/h3-11,14,25H,12-13H2,1-2H3,(H2,22,23,26)/t14-/m1/s1. The summed E-state index contributed by atoms with van der Waals surface area (Å²) in [5.74, 6) is 0.241. The summed E-state index contributed by atoms with van der Waals surface area (Å²) < 4.78 is 0. The van der Waals surface area contributed by atoms with Gasteiger partial charge in [0.2, 0.25) is 0 Å². The fourth-order valence-corrected chi connectivity index (χ4v) is 3.75. The molecule has 2 amide bonds. The second-order valence-electron chi connectivity index (χ2n) is 6.48. The lowest BCUT2D eigenvalue weighted by molar-refractivity contribution is 0.237. The van der Waals surface area contributed by atoms with Gasteiger partial charge in [0, 0.05) is 16.5 Å². The van der Waals surface area contributed by atoms with E-state index in [4.69, 9.17) is 0 Å². The van der Waals surface area contributed by atoms with Crippen LogP contribution in [0, 0.1) is 6.92 Å². The molecule has 27 heavy (non-hydrogen) atoms. The fraction of sp³-hybridized carbons (Fsp3) is 0.238. The van der Waals surface area contributed by atoms with Crippen LogP contribution in [0.1, 0.15) is 22.4 Å². The van der Waals surface area contributed by atoms with Crippen LogP contribution in [0.15, 0.2) is 54.6 Å². The molecule has 0 aliphatic carbocycles. The van der Waals surface area contributed by atoms with Crippen molar-refractivity contribution in [1.29, 1.82) is 0 Å². The van der Waals surface area contributed by atoms with Crippen LogP contribution in [0.3, 0.4) is 0 Å². The quantitative estimate of drug-likeness (QED) is 0.597. The Bertz CT molecular complexity index is 892. The predicted octanol–water partition coefficient (Wildman–Crippen LogP) is 4.25. The van der Waals surface area contributed by atoms with E-state index in [1.165, 1.54) is 0 Å². The second kappa shape index (κ2) is 8.68. The molecular formula is C21H23N3O2S. The highest BCUT2D eigenvalue weighted by Crippen LogP contribution is 2.27. The summed E-state index contributed by atoms with van der Waals surface area (Å²) in [6, 6.07) is 16.8. The van der Waals surface area contributed by atoms with Crippen LogP contribution in [-0.4, -0.2) is 22.2 Å². The Morgan fingerprint density at radius 3 is 2.56 bits per heavy atom. The largest absolute Gasteiger partial charge is 0.508 e. The number of rotatable bonds is 6. The molecule has 140 valence electrons. The molecule has 0 aliphatic heterocycles. The first-order valence-corrected chi connectivity index (χ1v) is 9.67. The first-order valence-electron chi connectivity index (χ1n) is 8.85. The highest BCUT2D eigenvalue weighted by molar-refractivity contribution is 7.12. The molecule has 0 fully saturated rings. The molecule has 3 rings (SSSR count). The summed E-state index contributed by atoms with van der Waals surface area (Å²) in [7, 11) is 0. The van der Waals surface area contributed by atoms with E-state index in [0.29, 0.717) is 13.0 Å². The maximum absolute atomic E-state index is 12.1. The third-order valence-corrected chi connectivity index (χ3v) is 5.11. The molecule has 0 saturated carbocycles. The highest BCUT2D eigenvalue weighted by Gasteiger charge is 2.12. The number of aromatic nitrogens is 1. The van der Waals surface area contributed by atoms with Crippen molar-refractivity contribution in [2.75, 3.05) is 0 Å². The molecule has 0 unspecified atom stereocenters. The van der Waals surface area contributed by atoms with Crippen molar-refractivity contribution in [1.82, 2.24) is 15.6 Å². The van der Waals surface area contributed by atoms with Crippen LogP contribution in [0.25, 0.3) is 11.3 Å². The summed E-state index contributed by atoms with van der Waals surface area (Å²) in [4.78, 5) is 17.9. The summed E-state index contributed by atoms with van der Waals surface area (Å²) >= 11 is 1.60. The van der Waals surface area contributed by atoms with Crippen LogP contribution in [0.2, 0.25) is 0 Å². The molecule has 0 radical (unpaired) electrons. The number of nitrogens with one attached hydrogen (secondary N) is 2. The molecule has 0 saturated heterocycles. The number of carbonyl (C=O) groups excluding carboxylic acids is 1. The number of hydrogen-bond acceptors (Lipinski definition) is 4. The minimum atomic E-state index is -0.213. The van der Waals surface area contributed by atoms with Gasteiger partial charge in [0.05, 0.1) is 12.2 Å². The van der Waals surface area contributed by atoms with Gasteiger partial charge in [-0.05, 0) is 38.0 Å². The summed E-state index contributed by atoms with van der Waals surface area (Å²) in [5, 5.41) is 16.0. The van der Waals surface area contributed by atoms with Crippen molar-refractivity contribution in [2.45, 2.75) is 32.9 Å². The number of aryl methyl sites for hydroxylation is 1. The number of carbonyl (C=O) groups is 1. The van der Waals surface area contributed by atoms with E-state index >= 15 is 0 Å². The Labute approximate surface area is 163 Å². The zero-order valence-electron chi connectivity index (χ0n) is 15.4. The van der Waals surface area contributed by atoms with Crippen molar-refractivity contribution in [3.8, 4) is 17.0 Å². The van der Waals surface area contributed by atoms with Crippen LogP contribution in [-0.2, 0) is 13.0 Å². The Kier molecular flexibility index (Phi) is 6.08. The van der Waals surface area contributed by atoms with E-state index in [2.05, 4.69) is 15.6 Å². The van der Waals surface area contributed by atoms with Crippen molar-refractivity contribution < 1.29 is 9.90 Å². The van der Waals surface area contributed by atoms with E-state index in [0.717, 1.165) is 26.7 Å². The third kappa shape index (κ3) is 5.31. The predicted molar refractivity (Wildman–Crippen MR) is 109 cm³/mol. The van der Waals surface area contributed by atoms with E-state index in [1.54, 1.807) is 23.5 Å². The number of urea groups is 1. The lowest BCUT2D eigenvalue weighted by Crippen LogP contribution is -2.41. The Balaban J connectivity index is 1.51. The second-order valence-corrected chi connectivity index (χ2v) is 7.76. The molecular weight excluding hydrogens is 358 g/mol. The van der Waals surface area contributed by atoms with Gasteiger partial charge in [-0.2, -0.15) is 0 Å². The lowest BCUT2D eigenvalue weighted by atomic mass is 10.1. The summed E-state index contributed by atoms with van der Waals surface area (Å²) in [6.07, 6.45) is 0.697. The topological polar surface area (TPSA) is 74.2 Å². The van der Waals surface area contributed by atoms with Crippen LogP contribution >= 0.6 is 11.3 Å². The normalized spacial score (nSPS) is 11.8. The Hall–Kier alpha value is -2.86. The molecule has 1 atom stereocenters. The Morgan fingerprint density at radius 1 is 1.15 bits per heavy atom. The SMILES string of the molecule is Cc1sc(CNC(=O)N[C@H](C)Cc2ccc(O)cc2)nc1-c1ccccc1. The van der Waals surface area contributed by atoms with Crippen molar-refractivity contribution in [2.24, 2.45) is 0 Å². The first-order chi connectivity index (χ1) is 13.0. The minimum Gasteiger partial charge on any atom is -0.508 e. The maximum atomic E-state index is 12.1. The van der Waals surface area contributed by atoms with Crippen LogP contribution < -0.4 is 10.6 Å². The number of hydrogen-bond donors (Lipinski definition) is 3.